The summed E-state index contributed by atoms with van der Waals surface area (Å²) in [5.74, 6) is -0.677. The van der Waals surface area contributed by atoms with E-state index in [9.17, 15) is 18.0 Å². The minimum Gasteiger partial charge on any atom is -0.482 e. The van der Waals surface area contributed by atoms with E-state index in [0.717, 1.165) is 5.56 Å². The van der Waals surface area contributed by atoms with E-state index >= 15 is 0 Å². The summed E-state index contributed by atoms with van der Waals surface area (Å²) >= 11 is 5.76. The minimum absolute atomic E-state index is 0.0200. The number of rotatable bonds is 9. The maximum atomic E-state index is 12.0. The van der Waals surface area contributed by atoms with Crippen LogP contribution in [0.2, 0.25) is 5.02 Å². The predicted molar refractivity (Wildman–Crippen MR) is 107 cm³/mol. The molecule has 1 unspecified atom stereocenters. The van der Waals surface area contributed by atoms with Crippen LogP contribution in [0.25, 0.3) is 0 Å². The summed E-state index contributed by atoms with van der Waals surface area (Å²) in [6.45, 7) is 1.41. The maximum absolute atomic E-state index is 12.0. The van der Waals surface area contributed by atoms with Crippen LogP contribution in [0.15, 0.2) is 53.4 Å². The summed E-state index contributed by atoms with van der Waals surface area (Å²) in [6.07, 6.45) is -0.516. The Labute approximate surface area is 174 Å². The first-order valence-electron chi connectivity index (χ1n) is 8.62. The van der Waals surface area contributed by atoms with Crippen molar-refractivity contribution in [3.05, 3.63) is 59.1 Å². The molecule has 0 bridgehead atoms. The van der Waals surface area contributed by atoms with E-state index in [1.807, 2.05) is 0 Å². The first-order chi connectivity index (χ1) is 13.6. The van der Waals surface area contributed by atoms with Crippen LogP contribution in [0.4, 0.5) is 0 Å². The Hall–Kier alpha value is -2.62. The Morgan fingerprint density at radius 1 is 1.10 bits per heavy atom. The molecule has 0 aliphatic carbocycles. The lowest BCUT2D eigenvalue weighted by atomic mass is 10.1. The fourth-order valence-corrected chi connectivity index (χ4v) is 2.92. The number of benzene rings is 2. The van der Waals surface area contributed by atoms with Crippen molar-refractivity contribution >= 4 is 33.5 Å². The van der Waals surface area contributed by atoms with E-state index in [1.165, 1.54) is 19.1 Å². The molecule has 8 nitrogen and oxygen atoms in total. The summed E-state index contributed by atoms with van der Waals surface area (Å²) in [5.41, 5.74) is 0.818. The van der Waals surface area contributed by atoms with Gasteiger partial charge in [0.25, 0.3) is 5.91 Å². The molecule has 2 aromatic carbocycles. The summed E-state index contributed by atoms with van der Waals surface area (Å²) < 4.78 is 32.7. The highest BCUT2D eigenvalue weighted by Gasteiger charge is 2.17. The quantitative estimate of drug-likeness (QED) is 0.571. The molecule has 2 rings (SSSR count). The molecule has 29 heavy (non-hydrogen) atoms. The zero-order chi connectivity index (χ0) is 21.4. The van der Waals surface area contributed by atoms with Crippen molar-refractivity contribution in [3.8, 4) is 5.75 Å². The zero-order valence-electron chi connectivity index (χ0n) is 15.6. The Morgan fingerprint density at radius 2 is 1.72 bits per heavy atom. The molecule has 0 aliphatic rings. The molecule has 10 heteroatoms. The predicted octanol–water partition coefficient (Wildman–Crippen LogP) is 1.66. The molecule has 1 amide bonds. The van der Waals surface area contributed by atoms with Gasteiger partial charge in [0.15, 0.2) is 12.7 Å². The number of hydrogen-bond donors (Lipinski definition) is 2. The van der Waals surface area contributed by atoms with E-state index in [0.29, 0.717) is 17.2 Å². The maximum Gasteiger partial charge on any atom is 0.344 e. The average molecular weight is 441 g/mol. The van der Waals surface area contributed by atoms with Crippen molar-refractivity contribution in [1.29, 1.82) is 0 Å². The molecule has 0 saturated carbocycles. The van der Waals surface area contributed by atoms with Crippen molar-refractivity contribution in [2.75, 3.05) is 13.2 Å². The van der Waals surface area contributed by atoms with Crippen LogP contribution in [0, 0.1) is 0 Å². The van der Waals surface area contributed by atoms with E-state index in [1.54, 1.807) is 36.4 Å². The molecule has 156 valence electrons. The summed E-state index contributed by atoms with van der Waals surface area (Å²) in [6, 6.07) is 12.5. The van der Waals surface area contributed by atoms with E-state index in [4.69, 9.17) is 26.2 Å². The van der Waals surface area contributed by atoms with Gasteiger partial charge in [0.1, 0.15) is 5.75 Å². The number of sulfonamides is 1. The summed E-state index contributed by atoms with van der Waals surface area (Å²) in [5, 5.41) is 8.23. The lowest BCUT2D eigenvalue weighted by Crippen LogP contribution is -2.37. The molecule has 3 N–H and O–H groups in total. The lowest BCUT2D eigenvalue weighted by Gasteiger charge is -2.14. The van der Waals surface area contributed by atoms with Gasteiger partial charge in [0, 0.05) is 11.6 Å². The topological polar surface area (TPSA) is 125 Å². The van der Waals surface area contributed by atoms with Crippen molar-refractivity contribution in [2.45, 2.75) is 24.3 Å². The number of nitrogens with two attached hydrogens (primary N) is 1. The summed E-state index contributed by atoms with van der Waals surface area (Å²) in [7, 11) is -3.74. The zero-order valence-corrected chi connectivity index (χ0v) is 17.2. The normalized spacial score (nSPS) is 12.1. The Kier molecular flexibility index (Phi) is 8.00. The third kappa shape index (κ3) is 7.72. The second kappa shape index (κ2) is 10.2. The smallest absolute Gasteiger partial charge is 0.344 e. The largest absolute Gasteiger partial charge is 0.482 e. The Morgan fingerprint density at radius 3 is 2.31 bits per heavy atom. The highest BCUT2D eigenvalue weighted by Crippen LogP contribution is 2.15. The first-order valence-corrected chi connectivity index (χ1v) is 10.5. The fourth-order valence-electron chi connectivity index (χ4n) is 2.28. The highest BCUT2D eigenvalue weighted by molar-refractivity contribution is 7.89. The second-order valence-corrected chi connectivity index (χ2v) is 8.10. The van der Waals surface area contributed by atoms with Gasteiger partial charge in [-0.1, -0.05) is 23.7 Å². The van der Waals surface area contributed by atoms with E-state index in [2.05, 4.69) is 5.32 Å². The van der Waals surface area contributed by atoms with Crippen molar-refractivity contribution in [1.82, 2.24) is 5.32 Å². The Bertz CT molecular complexity index is 946. The van der Waals surface area contributed by atoms with Crippen LogP contribution < -0.4 is 15.2 Å². The number of carbonyl (C=O) groups excluding carboxylic acids is 2. The van der Waals surface area contributed by atoms with Crippen LogP contribution in [0.3, 0.4) is 0 Å². The van der Waals surface area contributed by atoms with Crippen molar-refractivity contribution < 1.29 is 27.5 Å². The van der Waals surface area contributed by atoms with Gasteiger partial charge in [0.05, 0.1) is 4.90 Å². The fraction of sp³-hybridized carbons (Fsp3) is 0.263. The summed E-state index contributed by atoms with van der Waals surface area (Å²) in [4.78, 5) is 23.8. The number of halogens is 1. The molecular weight excluding hydrogens is 420 g/mol. The van der Waals surface area contributed by atoms with Crippen LogP contribution >= 0.6 is 11.6 Å². The molecule has 0 radical (unpaired) electrons. The van der Waals surface area contributed by atoms with Gasteiger partial charge in [0.2, 0.25) is 10.0 Å². The molecule has 0 aromatic heterocycles. The van der Waals surface area contributed by atoms with Crippen LogP contribution in [-0.4, -0.2) is 39.5 Å². The molecule has 0 aliphatic heterocycles. The number of esters is 1. The van der Waals surface area contributed by atoms with Gasteiger partial charge in [-0.3, -0.25) is 4.79 Å². The molecule has 1 atom stereocenters. The van der Waals surface area contributed by atoms with Crippen molar-refractivity contribution in [2.24, 2.45) is 5.14 Å². The molecule has 0 saturated heterocycles. The van der Waals surface area contributed by atoms with Crippen molar-refractivity contribution in [3.63, 3.8) is 0 Å². The third-order valence-corrected chi connectivity index (χ3v) is 4.99. The second-order valence-electron chi connectivity index (χ2n) is 6.10. The number of carbonyl (C=O) groups is 2. The van der Waals surface area contributed by atoms with Gasteiger partial charge in [-0.05, 0) is 55.3 Å². The molecular formula is C19H21ClN2O6S. The van der Waals surface area contributed by atoms with Crippen LogP contribution in [-0.2, 0) is 30.8 Å². The monoisotopic (exact) mass is 440 g/mol. The van der Waals surface area contributed by atoms with Gasteiger partial charge in [-0.25, -0.2) is 18.4 Å². The molecule has 0 spiro atoms. The number of primary sulfonamides is 1. The van der Waals surface area contributed by atoms with E-state index < -0.39 is 28.0 Å². The van der Waals surface area contributed by atoms with Gasteiger partial charge in [-0.15, -0.1) is 0 Å². The van der Waals surface area contributed by atoms with Gasteiger partial charge in [-0.2, -0.15) is 0 Å². The number of ether oxygens (including phenoxy) is 2. The lowest BCUT2D eigenvalue weighted by molar-refractivity contribution is -0.156. The third-order valence-electron chi connectivity index (χ3n) is 3.81. The van der Waals surface area contributed by atoms with Gasteiger partial charge >= 0.3 is 5.97 Å². The molecule has 0 heterocycles. The number of hydrogen-bond acceptors (Lipinski definition) is 6. The van der Waals surface area contributed by atoms with Gasteiger partial charge < -0.3 is 14.8 Å². The number of amides is 1. The van der Waals surface area contributed by atoms with Crippen LogP contribution in [0.1, 0.15) is 12.5 Å². The van der Waals surface area contributed by atoms with Crippen LogP contribution in [0.5, 0.6) is 5.75 Å². The molecule has 2 aromatic rings. The average Bonchev–Trinajstić information content (AvgIpc) is 2.67. The minimum atomic E-state index is -3.74. The standard InChI is InChI=1S/C19H21ClN2O6S/c1-13(28-18(23)12-27-16-6-4-15(20)5-7-16)19(24)22-11-10-14-2-8-17(9-3-14)29(21,25)26/h2-9,13H,10-12H2,1H3,(H,22,24)(H2,21,25,26). The molecule has 0 fully saturated rings. The highest BCUT2D eigenvalue weighted by atomic mass is 35.5. The Balaban J connectivity index is 1.71. The SMILES string of the molecule is CC(OC(=O)COc1ccc(Cl)cc1)C(=O)NCCc1ccc(S(N)(=O)=O)cc1. The van der Waals surface area contributed by atoms with E-state index in [-0.39, 0.29) is 18.0 Å². The first kappa shape index (κ1) is 22.7. The number of nitrogens with one attached hydrogen (secondary N) is 1.